The van der Waals surface area contributed by atoms with Crippen molar-refractivity contribution in [2.45, 2.75) is 51.0 Å². The minimum Gasteiger partial charge on any atom is -0.504 e. The maximum Gasteiger partial charge on any atom is 0.248 e. The summed E-state index contributed by atoms with van der Waals surface area (Å²) in [6.45, 7) is 1.69. The Bertz CT molecular complexity index is 849. The molecule has 1 amide bonds. The van der Waals surface area contributed by atoms with Crippen molar-refractivity contribution in [1.29, 1.82) is 0 Å². The highest BCUT2D eigenvalue weighted by molar-refractivity contribution is 6.00. The molecule has 1 saturated carbocycles. The first kappa shape index (κ1) is 18.8. The molecule has 5 nitrogen and oxygen atoms in total. The SMILES string of the molecule is CC#CC(C(=O)N(c1ccccn1)C1CCCCC1)c1ccc(O)c(O)c1. The van der Waals surface area contributed by atoms with Crippen molar-refractivity contribution < 1.29 is 15.0 Å². The summed E-state index contributed by atoms with van der Waals surface area (Å²) < 4.78 is 0. The van der Waals surface area contributed by atoms with E-state index < -0.39 is 5.92 Å². The van der Waals surface area contributed by atoms with Crippen LogP contribution >= 0.6 is 0 Å². The molecular weight excluding hydrogens is 340 g/mol. The number of carbonyl (C=O) groups is 1. The zero-order chi connectivity index (χ0) is 19.2. The molecule has 0 bridgehead atoms. The number of rotatable bonds is 4. The normalized spacial score (nSPS) is 15.4. The monoisotopic (exact) mass is 364 g/mol. The fourth-order valence-corrected chi connectivity index (χ4v) is 3.61. The van der Waals surface area contributed by atoms with Gasteiger partial charge in [0.05, 0.1) is 0 Å². The highest BCUT2D eigenvalue weighted by Crippen LogP contribution is 2.33. The number of benzene rings is 1. The van der Waals surface area contributed by atoms with E-state index in [2.05, 4.69) is 16.8 Å². The summed E-state index contributed by atoms with van der Waals surface area (Å²) >= 11 is 0. The highest BCUT2D eigenvalue weighted by atomic mass is 16.3. The quantitative estimate of drug-likeness (QED) is 0.636. The molecule has 3 rings (SSSR count). The number of hydrogen-bond donors (Lipinski definition) is 2. The van der Waals surface area contributed by atoms with Gasteiger partial charge in [-0.2, -0.15) is 0 Å². The first-order chi connectivity index (χ1) is 13.1. The predicted molar refractivity (Wildman–Crippen MR) is 105 cm³/mol. The van der Waals surface area contributed by atoms with Gasteiger partial charge in [-0.1, -0.05) is 37.3 Å². The Morgan fingerprint density at radius 3 is 2.56 bits per heavy atom. The molecule has 1 aromatic heterocycles. The van der Waals surface area contributed by atoms with Crippen LogP contribution in [-0.2, 0) is 4.79 Å². The molecule has 1 aliphatic carbocycles. The van der Waals surface area contributed by atoms with Crippen LogP contribution < -0.4 is 4.90 Å². The first-order valence-corrected chi connectivity index (χ1v) is 9.30. The van der Waals surface area contributed by atoms with Gasteiger partial charge in [-0.3, -0.25) is 9.69 Å². The van der Waals surface area contributed by atoms with Crippen LogP contribution in [0.2, 0.25) is 0 Å². The maximum atomic E-state index is 13.6. The summed E-state index contributed by atoms with van der Waals surface area (Å²) in [5.74, 6) is 5.06. The van der Waals surface area contributed by atoms with Crippen LogP contribution in [0.15, 0.2) is 42.6 Å². The Balaban J connectivity index is 2.01. The summed E-state index contributed by atoms with van der Waals surface area (Å²) in [5.41, 5.74) is 0.557. The van der Waals surface area contributed by atoms with Crippen LogP contribution in [0.3, 0.4) is 0 Å². The number of amides is 1. The van der Waals surface area contributed by atoms with Gasteiger partial charge in [0.2, 0.25) is 5.91 Å². The van der Waals surface area contributed by atoms with Gasteiger partial charge in [-0.05, 0) is 49.6 Å². The van der Waals surface area contributed by atoms with Gasteiger partial charge in [-0.15, -0.1) is 5.92 Å². The van der Waals surface area contributed by atoms with Gasteiger partial charge in [0.1, 0.15) is 11.7 Å². The van der Waals surface area contributed by atoms with Crippen LogP contribution in [-0.4, -0.2) is 27.1 Å². The third-order valence-corrected chi connectivity index (χ3v) is 4.94. The van der Waals surface area contributed by atoms with E-state index in [4.69, 9.17) is 0 Å². The Morgan fingerprint density at radius 1 is 1.15 bits per heavy atom. The van der Waals surface area contributed by atoms with Crippen molar-refractivity contribution in [3.05, 3.63) is 48.2 Å². The second kappa shape index (κ2) is 8.59. The van der Waals surface area contributed by atoms with Gasteiger partial charge >= 0.3 is 0 Å². The number of hydrogen-bond acceptors (Lipinski definition) is 4. The average molecular weight is 364 g/mol. The fraction of sp³-hybridized carbons (Fsp3) is 0.364. The van der Waals surface area contributed by atoms with E-state index in [1.165, 1.54) is 18.6 Å². The summed E-state index contributed by atoms with van der Waals surface area (Å²) in [5, 5.41) is 19.5. The average Bonchev–Trinajstić information content (AvgIpc) is 2.70. The Morgan fingerprint density at radius 2 is 1.93 bits per heavy atom. The Labute approximate surface area is 159 Å². The zero-order valence-corrected chi connectivity index (χ0v) is 15.4. The van der Waals surface area contributed by atoms with Crippen molar-refractivity contribution in [3.8, 4) is 23.3 Å². The van der Waals surface area contributed by atoms with Crippen LogP contribution in [0.25, 0.3) is 0 Å². The van der Waals surface area contributed by atoms with E-state index in [1.54, 1.807) is 24.1 Å². The van der Waals surface area contributed by atoms with E-state index in [1.807, 2.05) is 18.2 Å². The van der Waals surface area contributed by atoms with Gasteiger partial charge in [0.15, 0.2) is 11.5 Å². The number of nitrogens with zero attached hydrogens (tertiary/aromatic N) is 2. The molecule has 0 spiro atoms. The van der Waals surface area contributed by atoms with Crippen LogP contribution in [0.1, 0.15) is 50.5 Å². The van der Waals surface area contributed by atoms with Crippen LogP contribution in [0, 0.1) is 11.8 Å². The Kier molecular flexibility index (Phi) is 5.97. The third kappa shape index (κ3) is 4.22. The largest absolute Gasteiger partial charge is 0.504 e. The molecule has 1 unspecified atom stereocenters. The lowest BCUT2D eigenvalue weighted by molar-refractivity contribution is -0.119. The summed E-state index contributed by atoms with van der Waals surface area (Å²) in [7, 11) is 0. The zero-order valence-electron chi connectivity index (χ0n) is 15.4. The van der Waals surface area contributed by atoms with Gasteiger partial charge in [-0.25, -0.2) is 4.98 Å². The fourth-order valence-electron chi connectivity index (χ4n) is 3.61. The molecule has 1 fully saturated rings. The lowest BCUT2D eigenvalue weighted by atomic mass is 9.91. The molecule has 140 valence electrons. The van der Waals surface area contributed by atoms with E-state index in [0.29, 0.717) is 11.4 Å². The van der Waals surface area contributed by atoms with E-state index >= 15 is 0 Å². The van der Waals surface area contributed by atoms with Crippen LogP contribution in [0.5, 0.6) is 11.5 Å². The first-order valence-electron chi connectivity index (χ1n) is 9.30. The lowest BCUT2D eigenvalue weighted by Gasteiger charge is -2.35. The summed E-state index contributed by atoms with van der Waals surface area (Å²) in [6.07, 6.45) is 6.93. The molecule has 1 atom stereocenters. The van der Waals surface area contributed by atoms with Crippen molar-refractivity contribution in [2.75, 3.05) is 4.90 Å². The molecule has 27 heavy (non-hydrogen) atoms. The molecule has 1 aromatic carbocycles. The van der Waals surface area contributed by atoms with Crippen molar-refractivity contribution in [1.82, 2.24) is 4.98 Å². The third-order valence-electron chi connectivity index (χ3n) is 4.94. The Hall–Kier alpha value is -3.00. The minimum absolute atomic E-state index is 0.0908. The number of anilines is 1. The number of aromatic nitrogens is 1. The number of aromatic hydroxyl groups is 2. The number of pyridine rings is 1. The number of phenols is 2. The molecule has 5 heteroatoms. The second-order valence-corrected chi connectivity index (χ2v) is 6.76. The molecule has 0 aliphatic heterocycles. The molecule has 1 aliphatic rings. The highest BCUT2D eigenvalue weighted by Gasteiger charge is 2.32. The standard InChI is InChI=1S/C22H24N2O3/c1-2-8-18(16-12-13-19(25)20(26)15-16)22(27)24(17-9-4-3-5-10-17)21-11-6-7-14-23-21/h6-7,11-15,17-18,25-26H,3-5,9-10H2,1H3. The van der Waals surface area contributed by atoms with E-state index in [-0.39, 0.29) is 23.4 Å². The van der Waals surface area contributed by atoms with Crippen molar-refractivity contribution in [2.24, 2.45) is 0 Å². The number of phenolic OH excluding ortho intramolecular Hbond substituents is 2. The second-order valence-electron chi connectivity index (χ2n) is 6.76. The molecule has 1 heterocycles. The maximum absolute atomic E-state index is 13.6. The minimum atomic E-state index is -0.731. The molecule has 2 N–H and O–H groups in total. The molecular formula is C22H24N2O3. The van der Waals surface area contributed by atoms with Crippen molar-refractivity contribution >= 4 is 11.7 Å². The van der Waals surface area contributed by atoms with E-state index in [9.17, 15) is 15.0 Å². The topological polar surface area (TPSA) is 73.7 Å². The lowest BCUT2D eigenvalue weighted by Crippen LogP contribution is -2.44. The predicted octanol–water partition coefficient (Wildman–Crippen LogP) is 3.97. The summed E-state index contributed by atoms with van der Waals surface area (Å²) in [4.78, 5) is 19.8. The van der Waals surface area contributed by atoms with Gasteiger partial charge in [0.25, 0.3) is 0 Å². The van der Waals surface area contributed by atoms with Gasteiger partial charge in [0, 0.05) is 12.2 Å². The van der Waals surface area contributed by atoms with Crippen LogP contribution in [0.4, 0.5) is 5.82 Å². The molecule has 0 radical (unpaired) electrons. The smallest absolute Gasteiger partial charge is 0.248 e. The number of carbonyl (C=O) groups excluding carboxylic acids is 1. The van der Waals surface area contributed by atoms with E-state index in [0.717, 1.165) is 25.7 Å². The molecule has 2 aromatic rings. The molecule has 0 saturated heterocycles. The van der Waals surface area contributed by atoms with Gasteiger partial charge < -0.3 is 10.2 Å². The van der Waals surface area contributed by atoms with Crippen molar-refractivity contribution in [3.63, 3.8) is 0 Å². The summed E-state index contributed by atoms with van der Waals surface area (Å²) in [6, 6.07) is 10.0.